The monoisotopic (exact) mass is 376 g/mol. The second kappa shape index (κ2) is 6.69. The number of carbonyl (C=O) groups excluding carboxylic acids is 1. The fourth-order valence-corrected chi connectivity index (χ4v) is 4.21. The largest absolute Gasteiger partial charge is 0.341 e. The molecule has 0 unspecified atom stereocenters. The Morgan fingerprint density at radius 3 is 2.52 bits per heavy atom. The van der Waals surface area contributed by atoms with Gasteiger partial charge in [0.1, 0.15) is 0 Å². The van der Waals surface area contributed by atoms with E-state index in [1.54, 1.807) is 42.5 Å². The van der Waals surface area contributed by atoms with Gasteiger partial charge in [0.2, 0.25) is 0 Å². The quantitative estimate of drug-likeness (QED) is 0.651. The van der Waals surface area contributed by atoms with Gasteiger partial charge in [0.05, 0.1) is 15.1 Å². The van der Waals surface area contributed by atoms with Gasteiger partial charge in [-0.3, -0.25) is 4.72 Å². The van der Waals surface area contributed by atoms with Crippen molar-refractivity contribution in [3.05, 3.63) is 48.0 Å². The minimum atomic E-state index is -3.69. The summed E-state index contributed by atoms with van der Waals surface area (Å²) in [6.07, 6.45) is 0. The van der Waals surface area contributed by atoms with Crippen LogP contribution >= 0.6 is 11.3 Å². The molecule has 1 heterocycles. The van der Waals surface area contributed by atoms with E-state index in [9.17, 15) is 13.2 Å². The van der Waals surface area contributed by atoms with Gasteiger partial charge in [0, 0.05) is 12.7 Å². The molecule has 7 nitrogen and oxygen atoms in total. The first-order valence-electron chi connectivity index (χ1n) is 7.36. The third-order valence-corrected chi connectivity index (χ3v) is 5.86. The molecule has 3 N–H and O–H groups in total. The van der Waals surface area contributed by atoms with Crippen molar-refractivity contribution in [2.75, 3.05) is 17.1 Å². The van der Waals surface area contributed by atoms with Crippen molar-refractivity contribution < 1.29 is 13.2 Å². The summed E-state index contributed by atoms with van der Waals surface area (Å²) in [6, 6.07) is 11.4. The number of nitrogens with zero attached hydrogens (tertiary/aromatic N) is 1. The van der Waals surface area contributed by atoms with Crippen LogP contribution in [0.1, 0.15) is 5.56 Å². The fourth-order valence-electron chi connectivity index (χ4n) is 2.13. The Morgan fingerprint density at radius 2 is 1.84 bits per heavy atom. The molecule has 0 aliphatic heterocycles. The van der Waals surface area contributed by atoms with Gasteiger partial charge in [-0.1, -0.05) is 29.0 Å². The highest BCUT2D eigenvalue weighted by atomic mass is 32.2. The lowest BCUT2D eigenvalue weighted by atomic mass is 10.2. The predicted octanol–water partition coefficient (Wildman–Crippen LogP) is 3.16. The molecule has 0 bridgehead atoms. The van der Waals surface area contributed by atoms with E-state index in [1.165, 1.54) is 18.4 Å². The number of benzene rings is 2. The molecule has 0 saturated heterocycles. The molecule has 0 aliphatic carbocycles. The zero-order valence-corrected chi connectivity index (χ0v) is 15.2. The molecule has 0 atom stereocenters. The number of aromatic nitrogens is 1. The van der Waals surface area contributed by atoms with Crippen molar-refractivity contribution in [1.29, 1.82) is 0 Å². The van der Waals surface area contributed by atoms with E-state index in [1.807, 2.05) is 6.92 Å². The molecule has 1 aromatic heterocycles. The zero-order chi connectivity index (χ0) is 18.0. The van der Waals surface area contributed by atoms with Crippen LogP contribution in [-0.4, -0.2) is 26.5 Å². The lowest BCUT2D eigenvalue weighted by molar-refractivity contribution is 0.254. The number of hydrogen-bond acceptors (Lipinski definition) is 5. The Hall–Kier alpha value is -2.65. The van der Waals surface area contributed by atoms with Crippen molar-refractivity contribution in [2.24, 2.45) is 0 Å². The van der Waals surface area contributed by atoms with E-state index < -0.39 is 10.0 Å². The first-order valence-corrected chi connectivity index (χ1v) is 9.66. The number of rotatable bonds is 4. The standard InChI is InChI=1S/C16H16N4O3S2/c1-10-3-6-12(7-4-10)25(22,23)20-16-19-13-9-11(18-15(21)17-2)5-8-14(13)24-16/h3-9H,1-2H3,(H,19,20)(H2,17,18,21). The molecule has 3 aromatic rings. The lowest BCUT2D eigenvalue weighted by Crippen LogP contribution is -2.24. The average Bonchev–Trinajstić information content (AvgIpc) is 2.95. The van der Waals surface area contributed by atoms with Gasteiger partial charge in [0.15, 0.2) is 5.13 Å². The molecule has 2 amide bonds. The second-order valence-corrected chi connectivity index (χ2v) is 8.04. The van der Waals surface area contributed by atoms with Gasteiger partial charge in [-0.25, -0.2) is 18.2 Å². The molecule has 130 valence electrons. The van der Waals surface area contributed by atoms with Crippen molar-refractivity contribution in [1.82, 2.24) is 10.3 Å². The van der Waals surface area contributed by atoms with E-state index >= 15 is 0 Å². The van der Waals surface area contributed by atoms with Crippen LogP contribution in [0.5, 0.6) is 0 Å². The average molecular weight is 376 g/mol. The van der Waals surface area contributed by atoms with Crippen LogP contribution in [0.25, 0.3) is 10.2 Å². The van der Waals surface area contributed by atoms with Gasteiger partial charge in [-0.05, 0) is 37.3 Å². The van der Waals surface area contributed by atoms with Crippen molar-refractivity contribution in [2.45, 2.75) is 11.8 Å². The maximum Gasteiger partial charge on any atom is 0.318 e. The smallest absolute Gasteiger partial charge is 0.318 e. The number of anilines is 2. The topological polar surface area (TPSA) is 100 Å². The van der Waals surface area contributed by atoms with E-state index in [-0.39, 0.29) is 16.1 Å². The third-order valence-electron chi connectivity index (χ3n) is 3.43. The molecule has 0 spiro atoms. The highest BCUT2D eigenvalue weighted by Gasteiger charge is 2.16. The number of fused-ring (bicyclic) bond motifs is 1. The molecule has 0 saturated carbocycles. The Bertz CT molecular complexity index is 1030. The van der Waals surface area contributed by atoms with E-state index in [4.69, 9.17) is 0 Å². The first kappa shape index (κ1) is 17.2. The van der Waals surface area contributed by atoms with Crippen molar-refractivity contribution in [3.8, 4) is 0 Å². The highest BCUT2D eigenvalue weighted by molar-refractivity contribution is 7.93. The summed E-state index contributed by atoms with van der Waals surface area (Å²) < 4.78 is 28.2. The normalized spacial score (nSPS) is 11.3. The van der Waals surface area contributed by atoms with Gasteiger partial charge in [0.25, 0.3) is 10.0 Å². The van der Waals surface area contributed by atoms with Crippen LogP contribution in [-0.2, 0) is 10.0 Å². The van der Waals surface area contributed by atoms with Crippen LogP contribution in [0.2, 0.25) is 0 Å². The number of urea groups is 1. The number of amides is 2. The molecule has 0 aliphatic rings. The Labute approximate surface area is 149 Å². The number of carbonyl (C=O) groups is 1. The Morgan fingerprint density at radius 1 is 1.12 bits per heavy atom. The van der Waals surface area contributed by atoms with E-state index in [2.05, 4.69) is 20.3 Å². The molecular formula is C16H16N4O3S2. The van der Waals surface area contributed by atoms with E-state index in [0.29, 0.717) is 11.2 Å². The van der Waals surface area contributed by atoms with Crippen LogP contribution < -0.4 is 15.4 Å². The van der Waals surface area contributed by atoms with Crippen LogP contribution in [0.15, 0.2) is 47.4 Å². The third kappa shape index (κ3) is 3.89. The molecule has 3 rings (SSSR count). The zero-order valence-electron chi connectivity index (χ0n) is 13.5. The summed E-state index contributed by atoms with van der Waals surface area (Å²) >= 11 is 1.23. The number of hydrogen-bond donors (Lipinski definition) is 3. The van der Waals surface area contributed by atoms with Gasteiger partial charge in [-0.2, -0.15) is 0 Å². The summed E-state index contributed by atoms with van der Waals surface area (Å²) in [7, 11) is -2.17. The summed E-state index contributed by atoms with van der Waals surface area (Å²) in [5, 5.41) is 5.38. The second-order valence-electron chi connectivity index (χ2n) is 5.32. The van der Waals surface area contributed by atoms with Crippen LogP contribution in [0, 0.1) is 6.92 Å². The molecule has 0 radical (unpaired) electrons. The highest BCUT2D eigenvalue weighted by Crippen LogP contribution is 2.29. The Kier molecular flexibility index (Phi) is 4.60. The van der Waals surface area contributed by atoms with Crippen molar-refractivity contribution >= 4 is 48.4 Å². The molecule has 0 fully saturated rings. The number of sulfonamides is 1. The van der Waals surface area contributed by atoms with Gasteiger partial charge in [-0.15, -0.1) is 0 Å². The first-order chi connectivity index (χ1) is 11.9. The van der Waals surface area contributed by atoms with Crippen LogP contribution in [0.3, 0.4) is 0 Å². The minimum absolute atomic E-state index is 0.180. The van der Waals surface area contributed by atoms with Crippen molar-refractivity contribution in [3.63, 3.8) is 0 Å². The van der Waals surface area contributed by atoms with Gasteiger partial charge >= 0.3 is 6.03 Å². The van der Waals surface area contributed by atoms with Gasteiger partial charge < -0.3 is 10.6 Å². The molecule has 9 heteroatoms. The summed E-state index contributed by atoms with van der Waals surface area (Å²) in [5.41, 5.74) is 2.15. The van der Waals surface area contributed by atoms with E-state index in [0.717, 1.165) is 10.3 Å². The minimum Gasteiger partial charge on any atom is -0.341 e. The number of aryl methyl sites for hydroxylation is 1. The molecule has 25 heavy (non-hydrogen) atoms. The number of nitrogens with one attached hydrogen (secondary N) is 3. The summed E-state index contributed by atoms with van der Waals surface area (Å²) in [5.74, 6) is 0. The fraction of sp³-hybridized carbons (Fsp3) is 0.125. The maximum absolute atomic E-state index is 12.4. The molecular weight excluding hydrogens is 360 g/mol. The maximum atomic E-state index is 12.4. The summed E-state index contributed by atoms with van der Waals surface area (Å²) in [6.45, 7) is 1.89. The number of thiazole rings is 1. The van der Waals surface area contributed by atoms with Crippen LogP contribution in [0.4, 0.5) is 15.6 Å². The molecule has 2 aromatic carbocycles. The summed E-state index contributed by atoms with van der Waals surface area (Å²) in [4.78, 5) is 15.8. The SMILES string of the molecule is CNC(=O)Nc1ccc2sc(NS(=O)(=O)c3ccc(C)cc3)nc2c1. The predicted molar refractivity (Wildman–Crippen MR) is 99.7 cm³/mol. The lowest BCUT2D eigenvalue weighted by Gasteiger charge is -2.05. The Balaban J connectivity index is 1.86.